The molecule has 0 fully saturated rings. The summed E-state index contributed by atoms with van der Waals surface area (Å²) in [5.74, 6) is 1.09. The second kappa shape index (κ2) is 7.47. The molecule has 0 saturated heterocycles. The molecule has 0 aliphatic heterocycles. The van der Waals surface area contributed by atoms with E-state index in [0.29, 0.717) is 6.54 Å². The fourth-order valence-corrected chi connectivity index (χ4v) is 4.13. The Morgan fingerprint density at radius 2 is 2.11 bits per heavy atom. The van der Waals surface area contributed by atoms with Crippen molar-refractivity contribution in [2.75, 3.05) is 13.7 Å². The highest BCUT2D eigenvalue weighted by molar-refractivity contribution is 5.87. The molecule has 27 heavy (non-hydrogen) atoms. The maximum Gasteiger partial charge on any atom is 0.223 e. The standard InChI is InChI=1S/C23H26N2O2/c1-15-7-9-20-18(13-15)19-14-17(8-10-21(19)25-20)23(26)24-12-11-16-5-3-4-6-22(16)27-2/h3-7,9,13,17,25H,8,10-12,14H2,1-2H3,(H,24,26). The minimum Gasteiger partial charge on any atom is -0.496 e. The van der Waals surface area contributed by atoms with Crippen LogP contribution in [0.4, 0.5) is 0 Å². The van der Waals surface area contributed by atoms with Crippen LogP contribution in [-0.2, 0) is 24.1 Å². The second-order valence-electron chi connectivity index (χ2n) is 7.42. The van der Waals surface area contributed by atoms with E-state index in [1.54, 1.807) is 7.11 Å². The van der Waals surface area contributed by atoms with Crippen LogP contribution >= 0.6 is 0 Å². The average molecular weight is 362 g/mol. The minimum absolute atomic E-state index is 0.0506. The van der Waals surface area contributed by atoms with Crippen molar-refractivity contribution >= 4 is 16.8 Å². The van der Waals surface area contributed by atoms with Crippen LogP contribution in [0.2, 0.25) is 0 Å². The number of aromatic nitrogens is 1. The largest absolute Gasteiger partial charge is 0.496 e. The summed E-state index contributed by atoms with van der Waals surface area (Å²) in [6, 6.07) is 14.5. The van der Waals surface area contributed by atoms with Gasteiger partial charge in [-0.15, -0.1) is 0 Å². The zero-order valence-electron chi connectivity index (χ0n) is 16.0. The number of carbonyl (C=O) groups excluding carboxylic acids is 1. The topological polar surface area (TPSA) is 54.1 Å². The van der Waals surface area contributed by atoms with Crippen LogP contribution in [0, 0.1) is 12.8 Å². The zero-order chi connectivity index (χ0) is 18.8. The molecule has 1 atom stereocenters. The Hall–Kier alpha value is -2.75. The highest BCUT2D eigenvalue weighted by Crippen LogP contribution is 2.32. The Labute approximate surface area is 159 Å². The van der Waals surface area contributed by atoms with Crippen LogP contribution in [0.15, 0.2) is 42.5 Å². The summed E-state index contributed by atoms with van der Waals surface area (Å²) < 4.78 is 5.38. The normalized spacial score (nSPS) is 16.1. The number of nitrogens with one attached hydrogen (secondary N) is 2. The van der Waals surface area contributed by atoms with Gasteiger partial charge in [-0.1, -0.05) is 29.8 Å². The van der Waals surface area contributed by atoms with E-state index >= 15 is 0 Å². The Kier molecular flexibility index (Phi) is 4.88. The molecule has 0 spiro atoms. The SMILES string of the molecule is COc1ccccc1CCNC(=O)C1CCc2[nH]c3ccc(C)cc3c2C1. The molecule has 1 aliphatic carbocycles. The van der Waals surface area contributed by atoms with Crippen LogP contribution in [0.25, 0.3) is 10.9 Å². The van der Waals surface area contributed by atoms with E-state index in [2.05, 4.69) is 35.4 Å². The monoisotopic (exact) mass is 362 g/mol. The average Bonchev–Trinajstić information content (AvgIpc) is 3.05. The molecule has 1 aliphatic rings. The number of amides is 1. The lowest BCUT2D eigenvalue weighted by Gasteiger charge is -2.22. The Bertz CT molecular complexity index is 974. The summed E-state index contributed by atoms with van der Waals surface area (Å²) in [7, 11) is 1.68. The first-order valence-corrected chi connectivity index (χ1v) is 9.65. The van der Waals surface area contributed by atoms with E-state index in [9.17, 15) is 4.79 Å². The van der Waals surface area contributed by atoms with Gasteiger partial charge < -0.3 is 15.0 Å². The number of para-hydroxylation sites is 1. The van der Waals surface area contributed by atoms with Gasteiger partial charge in [0.25, 0.3) is 0 Å². The Morgan fingerprint density at radius 1 is 1.26 bits per heavy atom. The molecule has 3 aromatic rings. The molecule has 1 amide bonds. The number of ether oxygens (including phenoxy) is 1. The Morgan fingerprint density at radius 3 is 2.96 bits per heavy atom. The third-order valence-electron chi connectivity index (χ3n) is 5.60. The number of H-pyrrole nitrogens is 1. The van der Waals surface area contributed by atoms with Gasteiger partial charge in [0, 0.05) is 29.1 Å². The number of aromatic amines is 1. The fourth-order valence-electron chi connectivity index (χ4n) is 4.13. The number of hydrogen-bond donors (Lipinski definition) is 2. The highest BCUT2D eigenvalue weighted by atomic mass is 16.5. The Balaban J connectivity index is 1.40. The van der Waals surface area contributed by atoms with E-state index in [-0.39, 0.29) is 11.8 Å². The number of benzene rings is 2. The van der Waals surface area contributed by atoms with Gasteiger partial charge in [-0.05, 0) is 61.9 Å². The molecule has 0 saturated carbocycles. The van der Waals surface area contributed by atoms with Crippen molar-refractivity contribution < 1.29 is 9.53 Å². The van der Waals surface area contributed by atoms with Crippen LogP contribution in [0.1, 0.15) is 28.8 Å². The van der Waals surface area contributed by atoms with Crippen molar-refractivity contribution in [2.45, 2.75) is 32.6 Å². The van der Waals surface area contributed by atoms with Gasteiger partial charge in [-0.2, -0.15) is 0 Å². The number of carbonyl (C=O) groups is 1. The number of methoxy groups -OCH3 is 1. The van der Waals surface area contributed by atoms with E-state index < -0.39 is 0 Å². The van der Waals surface area contributed by atoms with E-state index in [0.717, 1.165) is 37.0 Å². The summed E-state index contributed by atoms with van der Waals surface area (Å²) in [4.78, 5) is 16.3. The molecule has 4 nitrogen and oxygen atoms in total. The molecule has 1 aromatic heterocycles. The van der Waals surface area contributed by atoms with Crippen LogP contribution in [-0.4, -0.2) is 24.5 Å². The van der Waals surface area contributed by atoms with Gasteiger partial charge in [0.1, 0.15) is 5.75 Å². The number of hydrogen-bond acceptors (Lipinski definition) is 2. The van der Waals surface area contributed by atoms with Crippen molar-refractivity contribution in [3.05, 3.63) is 64.8 Å². The lowest BCUT2D eigenvalue weighted by Crippen LogP contribution is -2.35. The maximum atomic E-state index is 12.7. The molecule has 0 bridgehead atoms. The quantitative estimate of drug-likeness (QED) is 0.722. The molecule has 1 unspecified atom stereocenters. The lowest BCUT2D eigenvalue weighted by molar-refractivity contribution is -0.125. The molecule has 4 rings (SSSR count). The first-order chi connectivity index (χ1) is 13.2. The first-order valence-electron chi connectivity index (χ1n) is 9.65. The minimum atomic E-state index is 0.0506. The molecule has 4 heteroatoms. The van der Waals surface area contributed by atoms with E-state index in [4.69, 9.17) is 4.74 Å². The molecule has 0 radical (unpaired) electrons. The maximum absolute atomic E-state index is 12.7. The third kappa shape index (κ3) is 3.57. The van der Waals surface area contributed by atoms with E-state index in [1.165, 1.54) is 27.7 Å². The fraction of sp³-hybridized carbons (Fsp3) is 0.348. The molecule has 2 aromatic carbocycles. The zero-order valence-corrected chi connectivity index (χ0v) is 16.0. The molecular formula is C23H26N2O2. The van der Waals surface area contributed by atoms with Gasteiger partial charge in [-0.25, -0.2) is 0 Å². The van der Waals surface area contributed by atoms with Crippen LogP contribution < -0.4 is 10.1 Å². The summed E-state index contributed by atoms with van der Waals surface area (Å²) in [5, 5.41) is 4.40. The number of fused-ring (bicyclic) bond motifs is 3. The number of aryl methyl sites for hydroxylation is 2. The molecule has 1 heterocycles. The summed E-state index contributed by atoms with van der Waals surface area (Å²) in [6.07, 6.45) is 3.44. The lowest BCUT2D eigenvalue weighted by atomic mass is 9.85. The summed E-state index contributed by atoms with van der Waals surface area (Å²) >= 11 is 0. The number of rotatable bonds is 5. The van der Waals surface area contributed by atoms with Gasteiger partial charge in [0.05, 0.1) is 7.11 Å². The van der Waals surface area contributed by atoms with Crippen molar-refractivity contribution in [1.29, 1.82) is 0 Å². The predicted molar refractivity (Wildman–Crippen MR) is 108 cm³/mol. The van der Waals surface area contributed by atoms with Crippen LogP contribution in [0.5, 0.6) is 5.75 Å². The van der Waals surface area contributed by atoms with Gasteiger partial charge in [0.15, 0.2) is 0 Å². The third-order valence-corrected chi connectivity index (χ3v) is 5.60. The van der Waals surface area contributed by atoms with E-state index in [1.807, 2.05) is 24.3 Å². The van der Waals surface area contributed by atoms with Gasteiger partial charge in [0.2, 0.25) is 5.91 Å². The molecule has 2 N–H and O–H groups in total. The van der Waals surface area contributed by atoms with Crippen LogP contribution in [0.3, 0.4) is 0 Å². The summed E-state index contributed by atoms with van der Waals surface area (Å²) in [5.41, 5.74) is 6.19. The van der Waals surface area contributed by atoms with Crippen molar-refractivity contribution in [2.24, 2.45) is 5.92 Å². The second-order valence-corrected chi connectivity index (χ2v) is 7.42. The van der Waals surface area contributed by atoms with Crippen molar-refractivity contribution in [3.8, 4) is 5.75 Å². The van der Waals surface area contributed by atoms with Crippen molar-refractivity contribution in [1.82, 2.24) is 10.3 Å². The first kappa shape index (κ1) is 17.7. The predicted octanol–water partition coefficient (Wildman–Crippen LogP) is 3.95. The summed E-state index contributed by atoms with van der Waals surface area (Å²) in [6.45, 7) is 2.75. The highest BCUT2D eigenvalue weighted by Gasteiger charge is 2.27. The smallest absolute Gasteiger partial charge is 0.223 e. The van der Waals surface area contributed by atoms with Gasteiger partial charge >= 0.3 is 0 Å². The van der Waals surface area contributed by atoms with Crippen molar-refractivity contribution in [3.63, 3.8) is 0 Å². The molecule has 140 valence electrons. The van der Waals surface area contributed by atoms with Gasteiger partial charge in [-0.3, -0.25) is 4.79 Å². The molecular weight excluding hydrogens is 336 g/mol.